The van der Waals surface area contributed by atoms with Crippen LogP contribution in [0.3, 0.4) is 0 Å². The fourth-order valence-corrected chi connectivity index (χ4v) is 2.88. The quantitative estimate of drug-likeness (QED) is 0.670. The van der Waals surface area contributed by atoms with Crippen LogP contribution >= 0.6 is 0 Å². The van der Waals surface area contributed by atoms with Gasteiger partial charge in [-0.15, -0.1) is 0 Å². The Morgan fingerprint density at radius 2 is 2.08 bits per heavy atom. The third-order valence-corrected chi connectivity index (χ3v) is 4.35. The lowest BCUT2D eigenvalue weighted by Gasteiger charge is -2.28. The lowest BCUT2D eigenvalue weighted by molar-refractivity contribution is -0.142. The average molecular weight is 349 g/mol. The molecule has 138 valence electrons. The van der Waals surface area contributed by atoms with E-state index in [2.05, 4.69) is 12.2 Å². The molecule has 1 saturated heterocycles. The molecule has 2 atom stereocenters. The van der Waals surface area contributed by atoms with Crippen molar-refractivity contribution in [2.75, 3.05) is 19.8 Å². The number of ether oxygens (including phenoxy) is 2. The van der Waals surface area contributed by atoms with Gasteiger partial charge in [-0.2, -0.15) is 0 Å². The van der Waals surface area contributed by atoms with E-state index in [-0.39, 0.29) is 5.92 Å². The standard InChI is InChI=1S/C19H27NO5/c1-2-3-4-12-25-16-9-7-14(8-10-16)18(21)20-17(19(22)23)15-6-5-11-24-13-15/h7-10,15,17H,2-6,11-13H2,1H3,(H,20,21)(H,22,23). The first-order valence-corrected chi connectivity index (χ1v) is 8.96. The number of rotatable bonds is 9. The molecule has 0 aromatic heterocycles. The van der Waals surface area contributed by atoms with Crippen LogP contribution in [0.1, 0.15) is 49.4 Å². The van der Waals surface area contributed by atoms with Crippen molar-refractivity contribution < 1.29 is 24.2 Å². The molecule has 2 N–H and O–H groups in total. The number of carboxylic acid groups (broad SMARTS) is 1. The number of unbranched alkanes of at least 4 members (excludes halogenated alkanes) is 2. The first-order chi connectivity index (χ1) is 12.1. The molecule has 2 rings (SSSR count). The van der Waals surface area contributed by atoms with E-state index in [1.165, 1.54) is 0 Å². The maximum absolute atomic E-state index is 12.4. The monoisotopic (exact) mass is 349 g/mol. The van der Waals surface area contributed by atoms with Gasteiger partial charge in [0.25, 0.3) is 5.91 Å². The topological polar surface area (TPSA) is 84.9 Å². The van der Waals surface area contributed by atoms with Crippen LogP contribution in [0.2, 0.25) is 0 Å². The highest BCUT2D eigenvalue weighted by molar-refractivity contribution is 5.96. The van der Waals surface area contributed by atoms with Gasteiger partial charge in [-0.25, -0.2) is 4.79 Å². The summed E-state index contributed by atoms with van der Waals surface area (Å²) in [6.45, 7) is 3.80. The summed E-state index contributed by atoms with van der Waals surface area (Å²) in [5.41, 5.74) is 0.420. The van der Waals surface area contributed by atoms with E-state index in [4.69, 9.17) is 9.47 Å². The van der Waals surface area contributed by atoms with Crippen molar-refractivity contribution in [3.05, 3.63) is 29.8 Å². The Kier molecular flexibility index (Phi) is 7.73. The summed E-state index contributed by atoms with van der Waals surface area (Å²) < 4.78 is 11.0. The van der Waals surface area contributed by atoms with Crippen molar-refractivity contribution in [2.45, 2.75) is 45.1 Å². The smallest absolute Gasteiger partial charge is 0.326 e. The second kappa shape index (κ2) is 10.0. The first kappa shape index (κ1) is 19.2. The van der Waals surface area contributed by atoms with Crippen molar-refractivity contribution in [3.63, 3.8) is 0 Å². The van der Waals surface area contributed by atoms with Gasteiger partial charge in [0.1, 0.15) is 11.8 Å². The Morgan fingerprint density at radius 3 is 2.68 bits per heavy atom. The normalized spacial score (nSPS) is 18.4. The molecule has 1 aromatic rings. The van der Waals surface area contributed by atoms with Gasteiger partial charge in [0.05, 0.1) is 13.2 Å². The number of hydrogen-bond acceptors (Lipinski definition) is 4. The number of hydrogen-bond donors (Lipinski definition) is 2. The SMILES string of the molecule is CCCCCOc1ccc(C(=O)NC(C(=O)O)C2CCCOC2)cc1. The molecule has 1 amide bonds. The Balaban J connectivity index is 1.90. The van der Waals surface area contributed by atoms with Gasteiger partial charge in [0, 0.05) is 18.1 Å². The summed E-state index contributed by atoms with van der Waals surface area (Å²) in [5, 5.41) is 12.0. The highest BCUT2D eigenvalue weighted by atomic mass is 16.5. The molecule has 0 aliphatic carbocycles. The van der Waals surface area contributed by atoms with Crippen LogP contribution < -0.4 is 10.1 Å². The van der Waals surface area contributed by atoms with Crippen LogP contribution in [0, 0.1) is 5.92 Å². The Bertz CT molecular complexity index is 551. The number of carbonyl (C=O) groups excluding carboxylic acids is 1. The zero-order valence-electron chi connectivity index (χ0n) is 14.7. The maximum atomic E-state index is 12.4. The molecule has 1 aliphatic heterocycles. The van der Waals surface area contributed by atoms with Crippen molar-refractivity contribution in [1.82, 2.24) is 5.32 Å². The van der Waals surface area contributed by atoms with Gasteiger partial charge in [0.15, 0.2) is 0 Å². The van der Waals surface area contributed by atoms with Crippen molar-refractivity contribution in [2.24, 2.45) is 5.92 Å². The maximum Gasteiger partial charge on any atom is 0.326 e. The molecule has 0 spiro atoms. The third kappa shape index (κ3) is 6.05. The minimum absolute atomic E-state index is 0.198. The molecule has 25 heavy (non-hydrogen) atoms. The Labute approximate surface area is 148 Å². The van der Waals surface area contributed by atoms with Gasteiger partial charge in [-0.1, -0.05) is 19.8 Å². The number of amides is 1. The Morgan fingerprint density at radius 1 is 1.32 bits per heavy atom. The fraction of sp³-hybridized carbons (Fsp3) is 0.579. The summed E-state index contributed by atoms with van der Waals surface area (Å²) in [5.74, 6) is -0.908. The summed E-state index contributed by atoms with van der Waals surface area (Å²) in [7, 11) is 0. The fourth-order valence-electron chi connectivity index (χ4n) is 2.88. The van der Waals surface area contributed by atoms with Crippen molar-refractivity contribution >= 4 is 11.9 Å². The molecule has 1 aromatic carbocycles. The molecule has 2 unspecified atom stereocenters. The molecule has 1 aliphatic rings. The summed E-state index contributed by atoms with van der Waals surface area (Å²) in [6, 6.07) is 5.85. The minimum atomic E-state index is -1.03. The first-order valence-electron chi connectivity index (χ1n) is 8.96. The number of aliphatic carboxylic acids is 1. The molecule has 0 bridgehead atoms. The largest absolute Gasteiger partial charge is 0.494 e. The molecule has 6 nitrogen and oxygen atoms in total. The average Bonchev–Trinajstić information content (AvgIpc) is 2.64. The Hall–Kier alpha value is -2.08. The molecule has 0 saturated carbocycles. The van der Waals surface area contributed by atoms with Crippen molar-refractivity contribution in [1.29, 1.82) is 0 Å². The second-order valence-electron chi connectivity index (χ2n) is 6.35. The second-order valence-corrected chi connectivity index (χ2v) is 6.35. The van der Waals surface area contributed by atoms with Crippen LogP contribution in [-0.4, -0.2) is 42.8 Å². The van der Waals surface area contributed by atoms with Crippen LogP contribution in [0.5, 0.6) is 5.75 Å². The van der Waals surface area contributed by atoms with E-state index < -0.39 is 17.9 Å². The molecule has 6 heteroatoms. The number of nitrogens with one attached hydrogen (secondary N) is 1. The van der Waals surface area contributed by atoms with Gasteiger partial charge >= 0.3 is 5.97 Å². The summed E-state index contributed by atoms with van der Waals surface area (Å²) in [6.07, 6.45) is 4.82. The third-order valence-electron chi connectivity index (χ3n) is 4.35. The van der Waals surface area contributed by atoms with E-state index in [9.17, 15) is 14.7 Å². The van der Waals surface area contributed by atoms with Crippen LogP contribution in [0.15, 0.2) is 24.3 Å². The molecular formula is C19H27NO5. The van der Waals surface area contributed by atoms with Crippen molar-refractivity contribution in [3.8, 4) is 5.75 Å². The predicted octanol–water partition coefficient (Wildman–Crippen LogP) is 2.87. The van der Waals surface area contributed by atoms with Crippen LogP contribution in [0.25, 0.3) is 0 Å². The number of carboxylic acids is 1. The highest BCUT2D eigenvalue weighted by Crippen LogP contribution is 2.19. The van der Waals surface area contributed by atoms with E-state index in [1.54, 1.807) is 24.3 Å². The van der Waals surface area contributed by atoms with Gasteiger partial charge in [0.2, 0.25) is 0 Å². The summed E-state index contributed by atoms with van der Waals surface area (Å²) >= 11 is 0. The van der Waals surface area contributed by atoms with E-state index in [0.29, 0.717) is 31.1 Å². The zero-order valence-corrected chi connectivity index (χ0v) is 14.7. The zero-order chi connectivity index (χ0) is 18.1. The molecule has 1 fully saturated rings. The molecule has 1 heterocycles. The number of benzene rings is 1. The lowest BCUT2D eigenvalue weighted by Crippen LogP contribution is -2.48. The van der Waals surface area contributed by atoms with E-state index in [1.807, 2.05) is 0 Å². The van der Waals surface area contributed by atoms with Crippen LogP contribution in [0.4, 0.5) is 0 Å². The molecule has 0 radical (unpaired) electrons. The van der Waals surface area contributed by atoms with E-state index >= 15 is 0 Å². The van der Waals surface area contributed by atoms with Gasteiger partial charge in [-0.3, -0.25) is 4.79 Å². The number of carbonyl (C=O) groups is 2. The molecular weight excluding hydrogens is 322 g/mol. The lowest BCUT2D eigenvalue weighted by atomic mass is 9.93. The minimum Gasteiger partial charge on any atom is -0.494 e. The van der Waals surface area contributed by atoms with Gasteiger partial charge < -0.3 is 19.9 Å². The van der Waals surface area contributed by atoms with Gasteiger partial charge in [-0.05, 0) is 43.5 Å². The summed E-state index contributed by atoms with van der Waals surface area (Å²) in [4.78, 5) is 23.9. The predicted molar refractivity (Wildman–Crippen MR) is 93.9 cm³/mol. The highest BCUT2D eigenvalue weighted by Gasteiger charge is 2.31. The van der Waals surface area contributed by atoms with E-state index in [0.717, 1.165) is 32.1 Å². The van der Waals surface area contributed by atoms with Crippen LogP contribution in [-0.2, 0) is 9.53 Å².